The van der Waals surface area contributed by atoms with Crippen molar-refractivity contribution in [2.45, 2.75) is 18.2 Å². The molecule has 0 unspecified atom stereocenters. The van der Waals surface area contributed by atoms with Gasteiger partial charge < -0.3 is 19.8 Å². The van der Waals surface area contributed by atoms with Crippen molar-refractivity contribution >= 4 is 38.8 Å². The van der Waals surface area contributed by atoms with Crippen LogP contribution in [0.5, 0.6) is 5.75 Å². The van der Waals surface area contributed by atoms with Crippen LogP contribution in [0.1, 0.15) is 12.5 Å². The van der Waals surface area contributed by atoms with Crippen LogP contribution < -0.4 is 20.1 Å². The SMILES string of the molecule is CCNC(=O)Nc1nc2ccc(OS(=O)(=O)c3ccc(NCCc4ccccc4)cc3)cc2[nH]1. The fourth-order valence-corrected chi connectivity index (χ4v) is 4.24. The van der Waals surface area contributed by atoms with Gasteiger partial charge in [0.2, 0.25) is 5.95 Å². The number of carbonyl (C=O) groups is 1. The highest BCUT2D eigenvalue weighted by atomic mass is 32.2. The van der Waals surface area contributed by atoms with Crippen molar-refractivity contribution in [3.63, 3.8) is 0 Å². The second-order valence-corrected chi connectivity index (χ2v) is 9.02. The maximum atomic E-state index is 12.7. The highest BCUT2D eigenvalue weighted by molar-refractivity contribution is 7.87. The molecular weight excluding hydrogens is 454 g/mol. The zero-order valence-corrected chi connectivity index (χ0v) is 19.4. The second kappa shape index (κ2) is 10.3. The molecule has 4 rings (SSSR count). The van der Waals surface area contributed by atoms with E-state index < -0.39 is 16.1 Å². The largest absolute Gasteiger partial charge is 0.385 e. The summed E-state index contributed by atoms with van der Waals surface area (Å²) in [7, 11) is -4.02. The Hall–Kier alpha value is -4.05. The van der Waals surface area contributed by atoms with Crippen LogP contribution in [0, 0.1) is 0 Å². The minimum atomic E-state index is -4.02. The van der Waals surface area contributed by atoms with E-state index in [2.05, 4.69) is 38.1 Å². The predicted molar refractivity (Wildman–Crippen MR) is 132 cm³/mol. The molecule has 2 amide bonds. The molecule has 4 N–H and O–H groups in total. The summed E-state index contributed by atoms with van der Waals surface area (Å²) in [4.78, 5) is 18.9. The molecule has 0 atom stereocenters. The summed E-state index contributed by atoms with van der Waals surface area (Å²) in [6.45, 7) is 3.01. The lowest BCUT2D eigenvalue weighted by molar-refractivity contribution is 0.252. The summed E-state index contributed by atoms with van der Waals surface area (Å²) in [6, 6.07) is 20.8. The Kier molecular flexibility index (Phi) is 6.98. The van der Waals surface area contributed by atoms with Gasteiger partial charge in [0, 0.05) is 24.8 Å². The van der Waals surface area contributed by atoms with Gasteiger partial charge >= 0.3 is 16.1 Å². The van der Waals surface area contributed by atoms with E-state index in [1.807, 2.05) is 18.2 Å². The van der Waals surface area contributed by atoms with E-state index in [0.29, 0.717) is 17.6 Å². The Morgan fingerprint density at radius 3 is 2.53 bits per heavy atom. The first kappa shape index (κ1) is 23.1. The molecule has 34 heavy (non-hydrogen) atoms. The molecule has 3 aromatic carbocycles. The number of rotatable bonds is 9. The molecule has 0 fully saturated rings. The second-order valence-electron chi connectivity index (χ2n) is 7.47. The van der Waals surface area contributed by atoms with Crippen LogP contribution in [0.2, 0.25) is 0 Å². The van der Waals surface area contributed by atoms with Crippen molar-refractivity contribution < 1.29 is 17.4 Å². The number of fused-ring (bicyclic) bond motifs is 1. The van der Waals surface area contributed by atoms with E-state index in [1.165, 1.54) is 29.8 Å². The molecule has 4 aromatic rings. The zero-order chi connectivity index (χ0) is 24.0. The van der Waals surface area contributed by atoms with Crippen molar-refractivity contribution in [2.75, 3.05) is 23.7 Å². The van der Waals surface area contributed by atoms with Crippen LogP contribution in [0.25, 0.3) is 11.0 Å². The van der Waals surface area contributed by atoms with Crippen molar-refractivity contribution in [3.8, 4) is 5.75 Å². The van der Waals surface area contributed by atoms with Gasteiger partial charge in [0.15, 0.2) is 0 Å². The van der Waals surface area contributed by atoms with Gasteiger partial charge in [0.25, 0.3) is 0 Å². The molecule has 1 heterocycles. The molecule has 1 aromatic heterocycles. The molecule has 0 aliphatic heterocycles. The number of carbonyl (C=O) groups excluding carboxylic acids is 1. The van der Waals surface area contributed by atoms with Crippen LogP contribution in [0.3, 0.4) is 0 Å². The number of nitrogens with one attached hydrogen (secondary N) is 4. The number of benzene rings is 3. The number of hydrogen-bond donors (Lipinski definition) is 4. The van der Waals surface area contributed by atoms with Crippen LogP contribution in [0.15, 0.2) is 77.7 Å². The van der Waals surface area contributed by atoms with Crippen molar-refractivity contribution in [3.05, 3.63) is 78.4 Å². The third-order valence-electron chi connectivity index (χ3n) is 4.96. The molecule has 0 bridgehead atoms. The number of imidazole rings is 1. The Morgan fingerprint density at radius 2 is 1.79 bits per heavy atom. The quantitative estimate of drug-likeness (QED) is 0.268. The molecule has 9 nitrogen and oxygen atoms in total. The molecule has 0 aliphatic rings. The lowest BCUT2D eigenvalue weighted by Gasteiger charge is -2.09. The summed E-state index contributed by atoms with van der Waals surface area (Å²) in [6.07, 6.45) is 0.862. The number of nitrogens with zero attached hydrogens (tertiary/aromatic N) is 1. The van der Waals surface area contributed by atoms with E-state index in [-0.39, 0.29) is 16.6 Å². The highest BCUT2D eigenvalue weighted by Crippen LogP contribution is 2.24. The molecule has 0 saturated heterocycles. The molecular formula is C24H25N5O4S. The number of anilines is 2. The Bertz CT molecular complexity index is 1370. The highest BCUT2D eigenvalue weighted by Gasteiger charge is 2.17. The Morgan fingerprint density at radius 1 is 1.03 bits per heavy atom. The number of H-pyrrole nitrogens is 1. The first-order valence-corrected chi connectivity index (χ1v) is 12.2. The first-order valence-electron chi connectivity index (χ1n) is 10.8. The first-order chi connectivity index (χ1) is 16.4. The van der Waals surface area contributed by atoms with Gasteiger partial charge in [0.1, 0.15) is 10.6 Å². The van der Waals surface area contributed by atoms with E-state index in [4.69, 9.17) is 4.18 Å². The maximum Gasteiger partial charge on any atom is 0.339 e. The number of amides is 2. The predicted octanol–water partition coefficient (Wildman–Crippen LogP) is 4.13. The molecule has 0 aliphatic carbocycles. The lowest BCUT2D eigenvalue weighted by Crippen LogP contribution is -2.28. The molecule has 0 saturated carbocycles. The molecule has 176 valence electrons. The third-order valence-corrected chi connectivity index (χ3v) is 6.22. The van der Waals surface area contributed by atoms with Crippen molar-refractivity contribution in [1.29, 1.82) is 0 Å². The summed E-state index contributed by atoms with van der Waals surface area (Å²) < 4.78 is 30.8. The van der Waals surface area contributed by atoms with E-state index in [1.54, 1.807) is 25.1 Å². The normalized spacial score (nSPS) is 11.2. The fraction of sp³-hybridized carbons (Fsp3) is 0.167. The van der Waals surface area contributed by atoms with Gasteiger partial charge in [-0.05, 0) is 55.3 Å². The Labute approximate surface area is 197 Å². The number of aromatic amines is 1. The topological polar surface area (TPSA) is 125 Å². The standard InChI is InChI=1S/C24H25N5O4S/c1-2-25-24(30)29-23-27-21-13-10-19(16-22(21)28-23)33-34(31,32)20-11-8-18(9-12-20)26-15-14-17-6-4-3-5-7-17/h3-13,16,26H,2,14-15H2,1H3,(H3,25,27,28,29,30). The van der Waals surface area contributed by atoms with Crippen LogP contribution in [-0.4, -0.2) is 37.5 Å². The summed E-state index contributed by atoms with van der Waals surface area (Å²) >= 11 is 0. The molecule has 10 heteroatoms. The summed E-state index contributed by atoms with van der Waals surface area (Å²) in [5.41, 5.74) is 3.13. The summed E-state index contributed by atoms with van der Waals surface area (Å²) in [5, 5.41) is 8.46. The van der Waals surface area contributed by atoms with E-state index >= 15 is 0 Å². The maximum absolute atomic E-state index is 12.7. The smallest absolute Gasteiger partial charge is 0.339 e. The average Bonchev–Trinajstić information content (AvgIpc) is 3.21. The van der Waals surface area contributed by atoms with Crippen LogP contribution >= 0.6 is 0 Å². The van der Waals surface area contributed by atoms with Gasteiger partial charge in [-0.3, -0.25) is 5.32 Å². The Balaban J connectivity index is 1.39. The molecule has 0 spiro atoms. The number of urea groups is 1. The van der Waals surface area contributed by atoms with Crippen LogP contribution in [0.4, 0.5) is 16.4 Å². The van der Waals surface area contributed by atoms with Crippen molar-refractivity contribution in [1.82, 2.24) is 15.3 Å². The van der Waals surface area contributed by atoms with Gasteiger partial charge in [-0.25, -0.2) is 9.78 Å². The zero-order valence-electron chi connectivity index (χ0n) is 18.5. The van der Waals surface area contributed by atoms with E-state index in [0.717, 1.165) is 18.7 Å². The lowest BCUT2D eigenvalue weighted by atomic mass is 10.1. The van der Waals surface area contributed by atoms with Crippen molar-refractivity contribution in [2.24, 2.45) is 0 Å². The van der Waals surface area contributed by atoms with E-state index in [9.17, 15) is 13.2 Å². The van der Waals surface area contributed by atoms with Gasteiger partial charge in [-0.1, -0.05) is 30.3 Å². The van der Waals surface area contributed by atoms with Gasteiger partial charge in [-0.2, -0.15) is 8.42 Å². The number of aromatic nitrogens is 2. The monoisotopic (exact) mass is 479 g/mol. The number of hydrogen-bond acceptors (Lipinski definition) is 6. The van der Waals surface area contributed by atoms with Gasteiger partial charge in [-0.15, -0.1) is 0 Å². The minimum absolute atomic E-state index is 0.0457. The van der Waals surface area contributed by atoms with Crippen LogP contribution in [-0.2, 0) is 16.5 Å². The third kappa shape index (κ3) is 5.84. The summed E-state index contributed by atoms with van der Waals surface area (Å²) in [5.74, 6) is 0.377. The average molecular weight is 480 g/mol. The fourth-order valence-electron chi connectivity index (χ4n) is 3.32. The van der Waals surface area contributed by atoms with Gasteiger partial charge in [0.05, 0.1) is 11.0 Å². The molecule has 0 radical (unpaired) electrons. The minimum Gasteiger partial charge on any atom is -0.385 e.